The number of piperazine rings is 1. The lowest BCUT2D eigenvalue weighted by Crippen LogP contribution is -2.56. The van der Waals surface area contributed by atoms with Crippen molar-refractivity contribution in [2.45, 2.75) is 32.4 Å². The predicted molar refractivity (Wildman–Crippen MR) is 107 cm³/mol. The van der Waals surface area contributed by atoms with Gasteiger partial charge in [-0.15, -0.1) is 0 Å². The van der Waals surface area contributed by atoms with E-state index in [0.717, 1.165) is 12.0 Å². The van der Waals surface area contributed by atoms with E-state index in [1.165, 1.54) is 23.0 Å². The second-order valence-corrected chi connectivity index (χ2v) is 7.67. The average Bonchev–Trinajstić information content (AvgIpc) is 2.71. The van der Waals surface area contributed by atoms with E-state index in [-0.39, 0.29) is 24.4 Å². The van der Waals surface area contributed by atoms with Crippen LogP contribution < -0.4 is 0 Å². The highest BCUT2D eigenvalue weighted by molar-refractivity contribution is 5.90. The minimum atomic E-state index is -1.05. The fourth-order valence-electron chi connectivity index (χ4n) is 4.25. The molecule has 4 rings (SSSR count). The van der Waals surface area contributed by atoms with Crippen LogP contribution in [0, 0.1) is 6.92 Å². The molecule has 2 amide bonds. The fourth-order valence-corrected chi connectivity index (χ4v) is 4.25. The first-order chi connectivity index (χ1) is 13.9. The Hall–Kier alpha value is -3.15. The Morgan fingerprint density at radius 3 is 2.62 bits per heavy atom. The molecule has 0 bridgehead atoms. The highest BCUT2D eigenvalue weighted by Crippen LogP contribution is 2.34. The zero-order chi connectivity index (χ0) is 20.5. The number of hydrogen-bond donors (Lipinski definition) is 0. The third-order valence-corrected chi connectivity index (χ3v) is 5.62. The molecule has 6 heteroatoms. The van der Waals surface area contributed by atoms with Crippen molar-refractivity contribution < 1.29 is 19.1 Å². The Labute approximate surface area is 170 Å². The van der Waals surface area contributed by atoms with E-state index < -0.39 is 12.1 Å². The van der Waals surface area contributed by atoms with E-state index in [0.29, 0.717) is 18.7 Å². The number of carbonyl (C=O) groups excluding carboxylic acids is 3. The van der Waals surface area contributed by atoms with Gasteiger partial charge in [-0.1, -0.05) is 54.1 Å². The molecule has 2 atom stereocenters. The first-order valence-corrected chi connectivity index (χ1v) is 9.84. The number of ether oxygens (including phenoxy) is 1. The second-order valence-electron chi connectivity index (χ2n) is 7.67. The summed E-state index contributed by atoms with van der Waals surface area (Å²) in [5.41, 5.74) is 4.11. The van der Waals surface area contributed by atoms with Gasteiger partial charge in [0, 0.05) is 25.6 Å². The molecule has 6 nitrogen and oxygen atoms in total. The molecule has 1 fully saturated rings. The zero-order valence-electron chi connectivity index (χ0n) is 16.6. The number of carbonyl (C=O) groups is 3. The monoisotopic (exact) mass is 392 g/mol. The summed E-state index contributed by atoms with van der Waals surface area (Å²) in [5.74, 6) is -0.968. The van der Waals surface area contributed by atoms with Gasteiger partial charge in [-0.2, -0.15) is 0 Å². The van der Waals surface area contributed by atoms with Gasteiger partial charge in [-0.05, 0) is 24.5 Å². The number of amides is 2. The fraction of sp³-hybridized carbons (Fsp3) is 0.348. The van der Waals surface area contributed by atoms with Gasteiger partial charge in [0.1, 0.15) is 0 Å². The molecular formula is C23H24N2O4. The van der Waals surface area contributed by atoms with Gasteiger partial charge in [0.2, 0.25) is 12.0 Å². The lowest BCUT2D eigenvalue weighted by atomic mass is 9.89. The number of fused-ring (bicyclic) bond motifs is 3. The summed E-state index contributed by atoms with van der Waals surface area (Å²) in [6.45, 7) is 4.39. The van der Waals surface area contributed by atoms with E-state index in [2.05, 4.69) is 19.1 Å². The van der Waals surface area contributed by atoms with Gasteiger partial charge >= 0.3 is 5.97 Å². The largest absolute Gasteiger partial charge is 0.447 e. The maximum Gasteiger partial charge on any atom is 0.303 e. The van der Waals surface area contributed by atoms with Crippen molar-refractivity contribution in [1.82, 2.24) is 9.80 Å². The molecule has 1 saturated heterocycles. The quantitative estimate of drug-likeness (QED) is 0.753. The SMILES string of the molecule is CC(=O)OC(C(=O)N1CC(=O)N2CCc3cc(C)ccc3C2C1)c1ccccc1. The molecule has 0 aliphatic carbocycles. The summed E-state index contributed by atoms with van der Waals surface area (Å²) >= 11 is 0. The van der Waals surface area contributed by atoms with Crippen molar-refractivity contribution in [2.75, 3.05) is 19.6 Å². The third-order valence-electron chi connectivity index (χ3n) is 5.62. The lowest BCUT2D eigenvalue weighted by Gasteiger charge is -2.45. The standard InChI is InChI=1S/C23H24N2O4/c1-15-8-9-19-18(12-15)10-11-25-20(19)13-24(14-21(25)27)23(28)22(29-16(2)26)17-6-4-3-5-7-17/h3-9,12,20,22H,10-11,13-14H2,1-2H3. The molecule has 29 heavy (non-hydrogen) atoms. The van der Waals surface area contributed by atoms with Crippen LogP contribution in [0.1, 0.15) is 41.3 Å². The zero-order valence-corrected chi connectivity index (χ0v) is 16.6. The van der Waals surface area contributed by atoms with Crippen molar-refractivity contribution in [2.24, 2.45) is 0 Å². The first kappa shape index (κ1) is 19.2. The van der Waals surface area contributed by atoms with Crippen LogP contribution >= 0.6 is 0 Å². The topological polar surface area (TPSA) is 66.9 Å². The van der Waals surface area contributed by atoms with Crippen LogP contribution in [-0.4, -0.2) is 47.2 Å². The Balaban J connectivity index is 1.63. The molecule has 2 aromatic rings. The molecule has 2 aliphatic rings. The summed E-state index contributed by atoms with van der Waals surface area (Å²) in [6.07, 6.45) is -0.220. The van der Waals surface area contributed by atoms with Crippen LogP contribution in [0.3, 0.4) is 0 Å². The van der Waals surface area contributed by atoms with Crippen molar-refractivity contribution in [1.29, 1.82) is 0 Å². The Kier molecular flexibility index (Phi) is 5.09. The maximum absolute atomic E-state index is 13.3. The average molecular weight is 392 g/mol. The van der Waals surface area contributed by atoms with Gasteiger partial charge in [-0.25, -0.2) is 0 Å². The third kappa shape index (κ3) is 3.75. The Morgan fingerprint density at radius 1 is 1.14 bits per heavy atom. The summed E-state index contributed by atoms with van der Waals surface area (Å²) in [6, 6.07) is 15.0. The van der Waals surface area contributed by atoms with Crippen LogP contribution in [0.2, 0.25) is 0 Å². The van der Waals surface area contributed by atoms with E-state index >= 15 is 0 Å². The minimum absolute atomic E-state index is 0.00112. The first-order valence-electron chi connectivity index (χ1n) is 9.84. The number of esters is 1. The Morgan fingerprint density at radius 2 is 1.90 bits per heavy atom. The van der Waals surface area contributed by atoms with Gasteiger partial charge in [0.25, 0.3) is 5.91 Å². The van der Waals surface area contributed by atoms with E-state index in [9.17, 15) is 14.4 Å². The van der Waals surface area contributed by atoms with Crippen molar-refractivity contribution in [3.63, 3.8) is 0 Å². The molecule has 0 aromatic heterocycles. The van der Waals surface area contributed by atoms with Crippen LogP contribution in [0.4, 0.5) is 0 Å². The van der Waals surface area contributed by atoms with Crippen LogP contribution in [0.5, 0.6) is 0 Å². The van der Waals surface area contributed by atoms with E-state index in [4.69, 9.17) is 4.74 Å². The highest BCUT2D eigenvalue weighted by Gasteiger charge is 2.41. The predicted octanol–water partition coefficient (Wildman–Crippen LogP) is 2.57. The number of hydrogen-bond acceptors (Lipinski definition) is 4. The summed E-state index contributed by atoms with van der Waals surface area (Å²) < 4.78 is 5.35. The Bertz CT molecular complexity index is 957. The summed E-state index contributed by atoms with van der Waals surface area (Å²) in [4.78, 5) is 41.2. The van der Waals surface area contributed by atoms with Crippen LogP contribution in [0.15, 0.2) is 48.5 Å². The number of aryl methyl sites for hydroxylation is 1. The maximum atomic E-state index is 13.3. The van der Waals surface area contributed by atoms with Crippen molar-refractivity contribution in [3.8, 4) is 0 Å². The van der Waals surface area contributed by atoms with Gasteiger partial charge in [0.15, 0.2) is 0 Å². The lowest BCUT2D eigenvalue weighted by molar-refractivity contribution is -0.163. The van der Waals surface area contributed by atoms with Crippen LogP contribution in [-0.2, 0) is 25.5 Å². The smallest absolute Gasteiger partial charge is 0.303 e. The van der Waals surface area contributed by atoms with Crippen molar-refractivity contribution >= 4 is 17.8 Å². The van der Waals surface area contributed by atoms with E-state index in [1.54, 1.807) is 24.3 Å². The molecule has 2 aromatic carbocycles. The molecule has 2 heterocycles. The molecule has 2 unspecified atom stereocenters. The summed E-state index contributed by atoms with van der Waals surface area (Å²) in [7, 11) is 0. The number of benzene rings is 2. The second kappa shape index (κ2) is 7.70. The number of rotatable bonds is 3. The van der Waals surface area contributed by atoms with Gasteiger partial charge in [0.05, 0.1) is 12.6 Å². The van der Waals surface area contributed by atoms with E-state index in [1.807, 2.05) is 17.0 Å². The molecule has 2 aliphatic heterocycles. The van der Waals surface area contributed by atoms with Crippen molar-refractivity contribution in [3.05, 3.63) is 70.8 Å². The highest BCUT2D eigenvalue weighted by atomic mass is 16.5. The minimum Gasteiger partial charge on any atom is -0.447 e. The molecular weight excluding hydrogens is 368 g/mol. The number of nitrogens with zero attached hydrogens (tertiary/aromatic N) is 2. The normalized spacial score (nSPS) is 19.2. The molecule has 0 N–H and O–H groups in total. The molecule has 0 saturated carbocycles. The van der Waals surface area contributed by atoms with Gasteiger partial charge in [-0.3, -0.25) is 14.4 Å². The molecule has 150 valence electrons. The molecule has 0 radical (unpaired) electrons. The molecule has 0 spiro atoms. The van der Waals surface area contributed by atoms with Gasteiger partial charge < -0.3 is 14.5 Å². The summed E-state index contributed by atoms with van der Waals surface area (Å²) in [5, 5.41) is 0. The van der Waals surface area contributed by atoms with Crippen LogP contribution in [0.25, 0.3) is 0 Å².